The number of rotatable bonds is 4. The van der Waals surface area contributed by atoms with Crippen molar-refractivity contribution in [1.82, 2.24) is 15.2 Å². The summed E-state index contributed by atoms with van der Waals surface area (Å²) in [6.45, 7) is 1.22. The summed E-state index contributed by atoms with van der Waals surface area (Å²) in [4.78, 5) is 30.5. The molecule has 2 N–H and O–H groups in total. The predicted octanol–water partition coefficient (Wildman–Crippen LogP) is 1.60. The largest absolute Gasteiger partial charge is 0.465 e. The summed E-state index contributed by atoms with van der Waals surface area (Å²) in [6.07, 6.45) is 1.58. The number of carbonyl (C=O) groups is 2. The number of carboxylic acid groups (broad SMARTS) is 1. The maximum atomic E-state index is 11.6. The van der Waals surface area contributed by atoms with E-state index in [-0.39, 0.29) is 6.42 Å². The summed E-state index contributed by atoms with van der Waals surface area (Å²) in [5.41, 5.74) is -0.939. The molecule has 23 heavy (non-hydrogen) atoms. The van der Waals surface area contributed by atoms with Gasteiger partial charge in [0.2, 0.25) is 0 Å². The maximum Gasteiger partial charge on any atom is 0.408 e. The molecule has 7 nitrogen and oxygen atoms in total. The molecule has 3 heterocycles. The number of piperazine rings is 1. The zero-order valence-electron chi connectivity index (χ0n) is 12.7. The van der Waals surface area contributed by atoms with Crippen molar-refractivity contribution in [2.24, 2.45) is 0 Å². The highest BCUT2D eigenvalue weighted by Crippen LogP contribution is 2.32. The number of anilines is 1. The Morgan fingerprint density at radius 3 is 3.04 bits per heavy atom. The second-order valence-corrected chi connectivity index (χ2v) is 6.42. The standard InChI is InChI=1S/C15H18N4O3S/c1-16-15(4-8-20)10-18(6-7-19(15)14(21)22)13-11-3-9-23-12(11)2-5-17-13/h2-3,5,8-9,16H,4,6-7,10H2,1H3,(H,21,22). The molecule has 1 aliphatic rings. The minimum absolute atomic E-state index is 0.0892. The van der Waals surface area contributed by atoms with E-state index in [0.29, 0.717) is 19.6 Å². The van der Waals surface area contributed by atoms with E-state index in [0.717, 1.165) is 22.2 Å². The van der Waals surface area contributed by atoms with Crippen LogP contribution in [0.15, 0.2) is 23.7 Å². The SMILES string of the molecule is CNC1(CC=O)CN(c2nccc3sccc23)CCN1C(=O)O. The molecular weight excluding hydrogens is 316 g/mol. The number of amides is 1. The predicted molar refractivity (Wildman–Crippen MR) is 89.0 cm³/mol. The lowest BCUT2D eigenvalue weighted by Gasteiger charge is -2.49. The van der Waals surface area contributed by atoms with Gasteiger partial charge in [0.25, 0.3) is 0 Å². The monoisotopic (exact) mass is 334 g/mol. The molecule has 0 aliphatic carbocycles. The number of nitrogens with one attached hydrogen (secondary N) is 1. The minimum Gasteiger partial charge on any atom is -0.465 e. The molecular formula is C15H18N4O3S. The van der Waals surface area contributed by atoms with E-state index in [9.17, 15) is 14.7 Å². The summed E-state index contributed by atoms with van der Waals surface area (Å²) in [7, 11) is 1.68. The van der Waals surface area contributed by atoms with Gasteiger partial charge in [-0.2, -0.15) is 0 Å². The van der Waals surface area contributed by atoms with Crippen molar-refractivity contribution < 1.29 is 14.7 Å². The second kappa shape index (κ2) is 6.13. The van der Waals surface area contributed by atoms with Crippen LogP contribution in [0.5, 0.6) is 0 Å². The third-order valence-electron chi connectivity index (χ3n) is 4.34. The highest BCUT2D eigenvalue weighted by molar-refractivity contribution is 7.17. The van der Waals surface area contributed by atoms with Crippen LogP contribution >= 0.6 is 11.3 Å². The molecule has 1 atom stereocenters. The van der Waals surface area contributed by atoms with Crippen LogP contribution in [0.4, 0.5) is 10.6 Å². The molecule has 3 rings (SSSR count). The Hall–Kier alpha value is -2.19. The van der Waals surface area contributed by atoms with Gasteiger partial charge in [-0.3, -0.25) is 10.2 Å². The molecule has 0 saturated carbocycles. The average molecular weight is 334 g/mol. The summed E-state index contributed by atoms with van der Waals surface area (Å²) < 4.78 is 1.14. The summed E-state index contributed by atoms with van der Waals surface area (Å²) in [5, 5.41) is 15.6. The van der Waals surface area contributed by atoms with Gasteiger partial charge in [0, 0.05) is 35.8 Å². The fourth-order valence-corrected chi connectivity index (χ4v) is 3.91. The Morgan fingerprint density at radius 1 is 1.52 bits per heavy atom. The molecule has 0 aromatic carbocycles. The van der Waals surface area contributed by atoms with Gasteiger partial charge in [-0.1, -0.05) is 0 Å². The van der Waals surface area contributed by atoms with Gasteiger partial charge < -0.3 is 14.8 Å². The Labute approximate surface area is 137 Å². The van der Waals surface area contributed by atoms with Crippen LogP contribution in [-0.2, 0) is 4.79 Å². The van der Waals surface area contributed by atoms with Crippen LogP contribution in [0.3, 0.4) is 0 Å². The first-order valence-corrected chi connectivity index (χ1v) is 8.19. The van der Waals surface area contributed by atoms with Crippen molar-refractivity contribution in [2.75, 3.05) is 31.6 Å². The van der Waals surface area contributed by atoms with Crippen LogP contribution < -0.4 is 10.2 Å². The first-order chi connectivity index (χ1) is 11.1. The number of hydrogen-bond donors (Lipinski definition) is 2. The van der Waals surface area contributed by atoms with Crippen molar-refractivity contribution in [3.63, 3.8) is 0 Å². The minimum atomic E-state index is -1.03. The molecule has 0 bridgehead atoms. The van der Waals surface area contributed by atoms with E-state index >= 15 is 0 Å². The number of nitrogens with zero attached hydrogens (tertiary/aromatic N) is 3. The number of carbonyl (C=O) groups excluding carboxylic acids is 1. The number of aldehydes is 1. The van der Waals surface area contributed by atoms with Crippen LogP contribution in [0.25, 0.3) is 10.1 Å². The summed E-state index contributed by atoms with van der Waals surface area (Å²) >= 11 is 1.64. The van der Waals surface area contributed by atoms with Gasteiger partial charge >= 0.3 is 6.09 Å². The van der Waals surface area contributed by atoms with Crippen molar-refractivity contribution in [1.29, 1.82) is 0 Å². The fourth-order valence-electron chi connectivity index (χ4n) is 3.13. The van der Waals surface area contributed by atoms with E-state index in [1.807, 2.05) is 17.5 Å². The number of fused-ring (bicyclic) bond motifs is 1. The Morgan fingerprint density at radius 2 is 2.35 bits per heavy atom. The van der Waals surface area contributed by atoms with E-state index in [4.69, 9.17) is 0 Å². The first-order valence-electron chi connectivity index (χ1n) is 7.31. The molecule has 122 valence electrons. The number of pyridine rings is 1. The van der Waals surface area contributed by atoms with Crippen molar-refractivity contribution >= 4 is 39.6 Å². The number of aromatic nitrogens is 1. The normalized spacial score (nSPS) is 21.6. The second-order valence-electron chi connectivity index (χ2n) is 5.48. The van der Waals surface area contributed by atoms with Gasteiger partial charge in [-0.25, -0.2) is 9.78 Å². The third-order valence-corrected chi connectivity index (χ3v) is 5.22. The lowest BCUT2D eigenvalue weighted by molar-refractivity contribution is -0.110. The summed E-state index contributed by atoms with van der Waals surface area (Å²) in [6, 6.07) is 3.99. The maximum absolute atomic E-state index is 11.6. The van der Waals surface area contributed by atoms with Gasteiger partial charge in [0.1, 0.15) is 17.8 Å². The zero-order chi connectivity index (χ0) is 16.4. The first kappa shape index (κ1) is 15.7. The van der Waals surface area contributed by atoms with E-state index in [1.165, 1.54) is 4.90 Å². The van der Waals surface area contributed by atoms with E-state index in [1.54, 1.807) is 24.6 Å². The molecule has 8 heteroatoms. The molecule has 1 saturated heterocycles. The van der Waals surface area contributed by atoms with E-state index in [2.05, 4.69) is 15.2 Å². The molecule has 1 amide bonds. The van der Waals surface area contributed by atoms with Crippen LogP contribution in [-0.4, -0.2) is 59.7 Å². The third kappa shape index (κ3) is 2.64. The van der Waals surface area contributed by atoms with Gasteiger partial charge in [-0.15, -0.1) is 11.3 Å². The summed E-state index contributed by atoms with van der Waals surface area (Å²) in [5.74, 6) is 0.833. The van der Waals surface area contributed by atoms with Crippen LogP contribution in [0.2, 0.25) is 0 Å². The van der Waals surface area contributed by atoms with E-state index < -0.39 is 11.8 Å². The van der Waals surface area contributed by atoms with Crippen molar-refractivity contribution in [3.8, 4) is 0 Å². The fraction of sp³-hybridized carbons (Fsp3) is 0.400. The lowest BCUT2D eigenvalue weighted by atomic mass is 10.0. The Kier molecular flexibility index (Phi) is 4.18. The Bertz CT molecular complexity index is 734. The quantitative estimate of drug-likeness (QED) is 0.826. The zero-order valence-corrected chi connectivity index (χ0v) is 13.5. The van der Waals surface area contributed by atoms with Gasteiger partial charge in [0.15, 0.2) is 0 Å². The molecule has 2 aromatic rings. The highest BCUT2D eigenvalue weighted by atomic mass is 32.1. The van der Waals surface area contributed by atoms with Crippen LogP contribution in [0.1, 0.15) is 6.42 Å². The van der Waals surface area contributed by atoms with Crippen molar-refractivity contribution in [3.05, 3.63) is 23.7 Å². The number of likely N-dealkylation sites (N-methyl/N-ethyl adjacent to an activating group) is 1. The molecule has 1 fully saturated rings. The number of thiophene rings is 1. The smallest absolute Gasteiger partial charge is 0.408 e. The van der Waals surface area contributed by atoms with Gasteiger partial charge in [-0.05, 0) is 24.6 Å². The molecule has 0 radical (unpaired) electrons. The van der Waals surface area contributed by atoms with Crippen LogP contribution in [0, 0.1) is 0 Å². The average Bonchev–Trinajstić information content (AvgIpc) is 3.03. The molecule has 1 aliphatic heterocycles. The number of hydrogen-bond acceptors (Lipinski definition) is 6. The van der Waals surface area contributed by atoms with Crippen molar-refractivity contribution in [2.45, 2.75) is 12.1 Å². The molecule has 2 aromatic heterocycles. The Balaban J connectivity index is 1.98. The topological polar surface area (TPSA) is 85.8 Å². The molecule has 0 spiro atoms. The lowest BCUT2D eigenvalue weighted by Crippen LogP contribution is -2.70. The highest BCUT2D eigenvalue weighted by Gasteiger charge is 2.43. The van der Waals surface area contributed by atoms with Gasteiger partial charge in [0.05, 0.1) is 6.54 Å². The molecule has 1 unspecified atom stereocenters.